The summed E-state index contributed by atoms with van der Waals surface area (Å²) in [6.45, 7) is 5.57. The van der Waals surface area contributed by atoms with Crippen LogP contribution in [0, 0.1) is 0 Å². The van der Waals surface area contributed by atoms with Crippen LogP contribution in [0.25, 0.3) is 5.52 Å². The van der Waals surface area contributed by atoms with Gasteiger partial charge in [0.25, 0.3) is 5.91 Å². The molecular weight excluding hydrogens is 312 g/mol. The van der Waals surface area contributed by atoms with Crippen LogP contribution in [0.5, 0.6) is 0 Å². The molecule has 0 aliphatic heterocycles. The minimum Gasteiger partial charge on any atom is -0.352 e. The summed E-state index contributed by atoms with van der Waals surface area (Å²) in [4.78, 5) is 12.1. The van der Waals surface area contributed by atoms with E-state index in [9.17, 15) is 4.79 Å². The molecule has 5 nitrogen and oxygen atoms in total. The van der Waals surface area contributed by atoms with Crippen molar-refractivity contribution in [2.75, 3.05) is 6.54 Å². The van der Waals surface area contributed by atoms with E-state index >= 15 is 0 Å². The lowest BCUT2D eigenvalue weighted by atomic mass is 10.1. The van der Waals surface area contributed by atoms with Crippen molar-refractivity contribution >= 4 is 11.4 Å². The maximum atomic E-state index is 12.1. The second-order valence-electron chi connectivity index (χ2n) is 6.19. The molecule has 3 rings (SSSR count). The Bertz CT molecular complexity index is 856. The molecule has 0 saturated heterocycles. The van der Waals surface area contributed by atoms with Gasteiger partial charge >= 0.3 is 0 Å². The molecule has 2 aromatic heterocycles. The van der Waals surface area contributed by atoms with Gasteiger partial charge in [0, 0.05) is 36.5 Å². The number of pyridine rings is 1. The number of hydrogen-bond acceptors (Lipinski definition) is 3. The van der Waals surface area contributed by atoms with E-state index in [0.29, 0.717) is 18.7 Å². The second kappa shape index (κ2) is 7.94. The zero-order valence-electron chi connectivity index (χ0n) is 14.7. The van der Waals surface area contributed by atoms with E-state index in [4.69, 9.17) is 0 Å². The Hall–Kier alpha value is -2.66. The van der Waals surface area contributed by atoms with Gasteiger partial charge in [-0.05, 0) is 43.2 Å². The fraction of sp³-hybridized carbons (Fsp3) is 0.300. The van der Waals surface area contributed by atoms with Gasteiger partial charge in [-0.15, -0.1) is 0 Å². The number of fused-ring (bicyclic) bond motifs is 1. The maximum Gasteiger partial charge on any atom is 0.251 e. The third-order valence-corrected chi connectivity index (χ3v) is 4.26. The summed E-state index contributed by atoms with van der Waals surface area (Å²) in [6.07, 6.45) is 4.79. The van der Waals surface area contributed by atoms with Gasteiger partial charge in [0.05, 0.1) is 11.7 Å². The first-order chi connectivity index (χ1) is 12.2. The van der Waals surface area contributed by atoms with Crippen molar-refractivity contribution in [3.8, 4) is 0 Å². The number of aromatic nitrogens is 2. The molecule has 0 aliphatic rings. The highest BCUT2D eigenvalue weighted by Gasteiger charge is 2.11. The van der Waals surface area contributed by atoms with Crippen molar-refractivity contribution < 1.29 is 4.79 Å². The highest BCUT2D eigenvalue weighted by Crippen LogP contribution is 2.19. The highest BCUT2D eigenvalue weighted by molar-refractivity contribution is 5.94. The zero-order chi connectivity index (χ0) is 17.6. The standard InChI is InChI=1S/C20H24N4O/c1-3-10-21-20(25)17-8-6-7-16(12-17)13-22-15(2)18-14-23-24-11-5-4-9-19(18)24/h4-9,11-12,14-15,22H,3,10,13H2,1-2H3,(H,21,25). The SMILES string of the molecule is CCCNC(=O)c1cccc(CNC(C)c2cnn3ccccc23)c1. The predicted octanol–water partition coefficient (Wildman–Crippen LogP) is 3.32. The van der Waals surface area contributed by atoms with Crippen LogP contribution in [-0.2, 0) is 6.54 Å². The fourth-order valence-corrected chi connectivity index (χ4v) is 2.83. The predicted molar refractivity (Wildman–Crippen MR) is 99.5 cm³/mol. The number of carbonyl (C=O) groups excluding carboxylic acids is 1. The van der Waals surface area contributed by atoms with Gasteiger partial charge in [0.1, 0.15) is 0 Å². The molecule has 5 heteroatoms. The number of hydrogen-bond donors (Lipinski definition) is 2. The van der Waals surface area contributed by atoms with Gasteiger partial charge < -0.3 is 10.6 Å². The fourth-order valence-electron chi connectivity index (χ4n) is 2.83. The molecule has 130 valence electrons. The molecule has 1 unspecified atom stereocenters. The van der Waals surface area contributed by atoms with Gasteiger partial charge in [0.15, 0.2) is 0 Å². The molecular formula is C20H24N4O. The molecule has 1 atom stereocenters. The summed E-state index contributed by atoms with van der Waals surface area (Å²) in [5.41, 5.74) is 4.07. The average Bonchev–Trinajstić information content (AvgIpc) is 3.08. The Kier molecular flexibility index (Phi) is 5.46. The monoisotopic (exact) mass is 336 g/mol. The van der Waals surface area contributed by atoms with Gasteiger partial charge in [-0.1, -0.05) is 25.1 Å². The van der Waals surface area contributed by atoms with Crippen molar-refractivity contribution in [3.63, 3.8) is 0 Å². The van der Waals surface area contributed by atoms with E-state index in [0.717, 1.165) is 23.1 Å². The largest absolute Gasteiger partial charge is 0.352 e. The number of nitrogens with one attached hydrogen (secondary N) is 2. The molecule has 0 fully saturated rings. The Morgan fingerprint density at radius 1 is 1.24 bits per heavy atom. The van der Waals surface area contributed by atoms with E-state index in [1.54, 1.807) is 0 Å². The molecule has 0 aliphatic carbocycles. The average molecular weight is 336 g/mol. The number of amides is 1. The van der Waals surface area contributed by atoms with Crippen molar-refractivity contribution in [3.05, 3.63) is 71.5 Å². The van der Waals surface area contributed by atoms with Crippen LogP contribution in [-0.4, -0.2) is 22.1 Å². The van der Waals surface area contributed by atoms with Gasteiger partial charge in [-0.2, -0.15) is 5.10 Å². The summed E-state index contributed by atoms with van der Waals surface area (Å²) in [5.74, 6) is -0.0145. The quantitative estimate of drug-likeness (QED) is 0.696. The maximum absolute atomic E-state index is 12.1. The van der Waals surface area contributed by atoms with E-state index in [2.05, 4.69) is 28.7 Å². The lowest BCUT2D eigenvalue weighted by Gasteiger charge is -2.13. The van der Waals surface area contributed by atoms with Crippen LogP contribution in [0.15, 0.2) is 54.9 Å². The van der Waals surface area contributed by atoms with Crippen LogP contribution in [0.2, 0.25) is 0 Å². The smallest absolute Gasteiger partial charge is 0.251 e. The molecule has 0 saturated carbocycles. The van der Waals surface area contributed by atoms with Crippen LogP contribution >= 0.6 is 0 Å². The van der Waals surface area contributed by atoms with E-state index in [1.165, 1.54) is 0 Å². The Balaban J connectivity index is 1.66. The van der Waals surface area contributed by atoms with Gasteiger partial charge in [0.2, 0.25) is 0 Å². The second-order valence-corrected chi connectivity index (χ2v) is 6.19. The topological polar surface area (TPSA) is 58.4 Å². The molecule has 2 heterocycles. The van der Waals surface area contributed by atoms with Crippen LogP contribution in [0.4, 0.5) is 0 Å². The minimum atomic E-state index is -0.0145. The van der Waals surface area contributed by atoms with E-state index in [1.807, 2.05) is 60.2 Å². The molecule has 0 radical (unpaired) electrons. The summed E-state index contributed by atoms with van der Waals surface area (Å²) in [6, 6.07) is 14.0. The summed E-state index contributed by atoms with van der Waals surface area (Å²) >= 11 is 0. The Morgan fingerprint density at radius 3 is 2.96 bits per heavy atom. The van der Waals surface area contributed by atoms with Crippen LogP contribution in [0.1, 0.15) is 47.8 Å². The molecule has 0 spiro atoms. The first kappa shape index (κ1) is 17.2. The normalized spacial score (nSPS) is 12.2. The first-order valence-electron chi connectivity index (χ1n) is 8.72. The van der Waals surface area contributed by atoms with E-state index < -0.39 is 0 Å². The number of carbonyl (C=O) groups is 1. The summed E-state index contributed by atoms with van der Waals surface area (Å²) < 4.78 is 1.88. The minimum absolute atomic E-state index is 0.0145. The summed E-state index contributed by atoms with van der Waals surface area (Å²) in [7, 11) is 0. The molecule has 25 heavy (non-hydrogen) atoms. The van der Waals surface area contributed by atoms with Crippen LogP contribution in [0.3, 0.4) is 0 Å². The van der Waals surface area contributed by atoms with Crippen molar-refractivity contribution in [2.24, 2.45) is 0 Å². The van der Waals surface area contributed by atoms with Crippen LogP contribution < -0.4 is 10.6 Å². The zero-order valence-corrected chi connectivity index (χ0v) is 14.7. The third kappa shape index (κ3) is 4.06. The molecule has 2 N–H and O–H groups in total. The lowest BCUT2D eigenvalue weighted by Crippen LogP contribution is -2.24. The van der Waals surface area contributed by atoms with Crippen molar-refractivity contribution in [1.29, 1.82) is 0 Å². The van der Waals surface area contributed by atoms with Gasteiger partial charge in [-0.3, -0.25) is 4.79 Å². The highest BCUT2D eigenvalue weighted by atomic mass is 16.1. The molecule has 0 bridgehead atoms. The van der Waals surface area contributed by atoms with Gasteiger partial charge in [-0.25, -0.2) is 4.52 Å². The molecule has 1 amide bonds. The number of nitrogens with zero attached hydrogens (tertiary/aromatic N) is 2. The van der Waals surface area contributed by atoms with Crippen molar-refractivity contribution in [2.45, 2.75) is 32.9 Å². The van der Waals surface area contributed by atoms with Crippen molar-refractivity contribution in [1.82, 2.24) is 20.2 Å². The first-order valence-corrected chi connectivity index (χ1v) is 8.72. The third-order valence-electron chi connectivity index (χ3n) is 4.26. The number of rotatable bonds is 7. The summed E-state index contributed by atoms with van der Waals surface area (Å²) in [5, 5.41) is 10.8. The Morgan fingerprint density at radius 2 is 2.12 bits per heavy atom. The molecule has 1 aromatic carbocycles. The number of benzene rings is 1. The van der Waals surface area contributed by atoms with E-state index in [-0.39, 0.29) is 11.9 Å². The molecule has 3 aromatic rings. The lowest BCUT2D eigenvalue weighted by molar-refractivity contribution is 0.0953. The Labute approximate surface area is 148 Å².